The Bertz CT molecular complexity index is 260. The van der Waals surface area contributed by atoms with Crippen LogP contribution in [0.4, 0.5) is 0 Å². The van der Waals surface area contributed by atoms with E-state index in [-0.39, 0.29) is 0 Å². The van der Waals surface area contributed by atoms with Crippen LogP contribution < -0.4 is 5.32 Å². The van der Waals surface area contributed by atoms with E-state index in [9.17, 15) is 0 Å². The Morgan fingerprint density at radius 2 is 2.00 bits per heavy atom. The van der Waals surface area contributed by atoms with Crippen molar-refractivity contribution in [3.63, 3.8) is 0 Å². The van der Waals surface area contributed by atoms with Gasteiger partial charge in [0.05, 0.1) is 0 Å². The molecule has 0 spiro atoms. The number of nitrogens with one attached hydrogen (secondary N) is 1. The van der Waals surface area contributed by atoms with E-state index >= 15 is 0 Å². The average molecular weight is 238 g/mol. The van der Waals surface area contributed by atoms with Gasteiger partial charge in [-0.25, -0.2) is 0 Å². The number of nitrogens with zero attached hydrogens (tertiary/aromatic N) is 1. The quantitative estimate of drug-likeness (QED) is 0.810. The molecule has 2 aliphatic rings. The summed E-state index contributed by atoms with van der Waals surface area (Å²) < 4.78 is 0. The van der Waals surface area contributed by atoms with Crippen LogP contribution >= 0.6 is 0 Å². The van der Waals surface area contributed by atoms with E-state index in [2.05, 4.69) is 44.8 Å². The van der Waals surface area contributed by atoms with Crippen molar-refractivity contribution >= 4 is 0 Å². The summed E-state index contributed by atoms with van der Waals surface area (Å²) in [5.74, 6) is 0.765. The molecule has 2 rings (SSSR count). The first kappa shape index (κ1) is 13.4. The Balaban J connectivity index is 2.01. The number of hydrogen-bond donors (Lipinski definition) is 1. The summed E-state index contributed by atoms with van der Waals surface area (Å²) in [6, 6.07) is 2.32. The van der Waals surface area contributed by atoms with Gasteiger partial charge in [0.1, 0.15) is 0 Å². The molecule has 1 aliphatic carbocycles. The maximum atomic E-state index is 3.75. The van der Waals surface area contributed by atoms with Crippen molar-refractivity contribution in [3.05, 3.63) is 0 Å². The highest BCUT2D eigenvalue weighted by Gasteiger charge is 2.52. The van der Waals surface area contributed by atoms with E-state index in [1.54, 1.807) is 0 Å². The Morgan fingerprint density at radius 3 is 2.47 bits per heavy atom. The first-order valence-corrected chi connectivity index (χ1v) is 7.45. The van der Waals surface area contributed by atoms with Crippen molar-refractivity contribution in [1.82, 2.24) is 10.2 Å². The zero-order valence-corrected chi connectivity index (χ0v) is 12.3. The molecule has 0 aromatic heterocycles. The molecule has 0 radical (unpaired) electrons. The van der Waals surface area contributed by atoms with Crippen molar-refractivity contribution in [1.29, 1.82) is 0 Å². The molecule has 1 heterocycles. The Labute approximate surface area is 107 Å². The molecule has 0 aromatic carbocycles. The maximum absolute atomic E-state index is 3.75. The smallest absolute Gasteiger partial charge is 0.0247 e. The fourth-order valence-corrected chi connectivity index (χ4v) is 3.38. The highest BCUT2D eigenvalue weighted by atomic mass is 15.3. The molecule has 3 atom stereocenters. The van der Waals surface area contributed by atoms with Crippen LogP contribution in [-0.4, -0.2) is 36.1 Å². The minimum Gasteiger partial charge on any atom is -0.311 e. The molecule has 1 N–H and O–H groups in total. The molecular formula is C15H30N2. The standard InChI is InChI=1S/C15H30N2/c1-6-7-12-10-17(14-8-15(14,4)5)13(9-16-12)11(2)3/h11-14,16H,6-10H2,1-5H3. The SMILES string of the molecule is CCCC1CN(C2CC2(C)C)C(C(C)C)CN1. The highest BCUT2D eigenvalue weighted by molar-refractivity contribution is 5.07. The Morgan fingerprint density at radius 1 is 1.35 bits per heavy atom. The van der Waals surface area contributed by atoms with Crippen LogP contribution in [0.5, 0.6) is 0 Å². The molecule has 0 aromatic rings. The fourth-order valence-electron chi connectivity index (χ4n) is 3.38. The van der Waals surface area contributed by atoms with Gasteiger partial charge >= 0.3 is 0 Å². The molecule has 2 fully saturated rings. The van der Waals surface area contributed by atoms with Gasteiger partial charge in [-0.3, -0.25) is 4.90 Å². The van der Waals surface area contributed by atoms with Gasteiger partial charge in [-0.05, 0) is 24.2 Å². The largest absolute Gasteiger partial charge is 0.311 e. The van der Waals surface area contributed by atoms with Crippen molar-refractivity contribution in [2.75, 3.05) is 13.1 Å². The van der Waals surface area contributed by atoms with Crippen LogP contribution in [0.3, 0.4) is 0 Å². The summed E-state index contributed by atoms with van der Waals surface area (Å²) >= 11 is 0. The second kappa shape index (κ2) is 4.89. The van der Waals surface area contributed by atoms with E-state index in [4.69, 9.17) is 0 Å². The van der Waals surface area contributed by atoms with Gasteiger partial charge in [0.25, 0.3) is 0 Å². The summed E-state index contributed by atoms with van der Waals surface area (Å²) in [6.45, 7) is 14.3. The van der Waals surface area contributed by atoms with E-state index in [1.165, 1.54) is 32.4 Å². The van der Waals surface area contributed by atoms with Gasteiger partial charge < -0.3 is 5.32 Å². The number of piperazine rings is 1. The van der Waals surface area contributed by atoms with E-state index < -0.39 is 0 Å². The van der Waals surface area contributed by atoms with Gasteiger partial charge in [-0.1, -0.05) is 41.0 Å². The van der Waals surface area contributed by atoms with Crippen LogP contribution in [0, 0.1) is 11.3 Å². The normalized spacial score (nSPS) is 37.4. The molecule has 1 saturated heterocycles. The Hall–Kier alpha value is -0.0800. The van der Waals surface area contributed by atoms with Crippen LogP contribution in [0.2, 0.25) is 0 Å². The third kappa shape index (κ3) is 2.85. The predicted octanol–water partition coefficient (Wildman–Crippen LogP) is 2.88. The lowest BCUT2D eigenvalue weighted by Gasteiger charge is -2.43. The molecule has 0 bridgehead atoms. The third-order valence-corrected chi connectivity index (χ3v) is 4.74. The lowest BCUT2D eigenvalue weighted by molar-refractivity contribution is 0.0766. The van der Waals surface area contributed by atoms with Crippen molar-refractivity contribution < 1.29 is 0 Å². The maximum Gasteiger partial charge on any atom is 0.0247 e. The summed E-state index contributed by atoms with van der Waals surface area (Å²) in [7, 11) is 0. The average Bonchev–Trinajstić information content (AvgIpc) is 2.88. The minimum atomic E-state index is 0.571. The van der Waals surface area contributed by atoms with Gasteiger partial charge in [0, 0.05) is 31.2 Å². The second-order valence-electron chi connectivity index (χ2n) is 7.11. The molecule has 1 aliphatic heterocycles. The molecule has 2 heteroatoms. The fraction of sp³-hybridized carbons (Fsp3) is 1.00. The molecule has 17 heavy (non-hydrogen) atoms. The second-order valence-corrected chi connectivity index (χ2v) is 7.11. The van der Waals surface area contributed by atoms with Crippen molar-refractivity contribution in [3.8, 4) is 0 Å². The van der Waals surface area contributed by atoms with Crippen LogP contribution in [0.15, 0.2) is 0 Å². The summed E-state index contributed by atoms with van der Waals surface area (Å²) in [5, 5.41) is 3.75. The van der Waals surface area contributed by atoms with Gasteiger partial charge in [-0.15, -0.1) is 0 Å². The molecule has 100 valence electrons. The first-order valence-electron chi connectivity index (χ1n) is 7.45. The topological polar surface area (TPSA) is 15.3 Å². The monoisotopic (exact) mass is 238 g/mol. The highest BCUT2D eigenvalue weighted by Crippen LogP contribution is 2.50. The predicted molar refractivity (Wildman–Crippen MR) is 74.2 cm³/mol. The molecular weight excluding hydrogens is 208 g/mol. The lowest BCUT2D eigenvalue weighted by Crippen LogP contribution is -2.59. The van der Waals surface area contributed by atoms with Crippen LogP contribution in [-0.2, 0) is 0 Å². The van der Waals surface area contributed by atoms with Crippen LogP contribution in [0.1, 0.15) is 53.9 Å². The zero-order valence-electron chi connectivity index (χ0n) is 12.3. The van der Waals surface area contributed by atoms with E-state index in [0.29, 0.717) is 5.41 Å². The summed E-state index contributed by atoms with van der Waals surface area (Å²) in [5.41, 5.74) is 0.571. The number of rotatable bonds is 4. The Kier molecular flexibility index (Phi) is 3.84. The number of hydrogen-bond acceptors (Lipinski definition) is 2. The molecule has 2 nitrogen and oxygen atoms in total. The molecule has 0 amide bonds. The van der Waals surface area contributed by atoms with E-state index in [1.807, 2.05) is 0 Å². The van der Waals surface area contributed by atoms with Crippen molar-refractivity contribution in [2.24, 2.45) is 11.3 Å². The van der Waals surface area contributed by atoms with E-state index in [0.717, 1.165) is 24.0 Å². The molecule has 3 unspecified atom stereocenters. The summed E-state index contributed by atoms with van der Waals surface area (Å²) in [6.07, 6.45) is 4.02. The third-order valence-electron chi connectivity index (χ3n) is 4.74. The van der Waals surface area contributed by atoms with Gasteiger partial charge in [0.15, 0.2) is 0 Å². The first-order chi connectivity index (χ1) is 7.95. The van der Waals surface area contributed by atoms with Crippen LogP contribution in [0.25, 0.3) is 0 Å². The minimum absolute atomic E-state index is 0.571. The van der Waals surface area contributed by atoms with Crippen molar-refractivity contribution in [2.45, 2.75) is 72.0 Å². The van der Waals surface area contributed by atoms with Gasteiger partial charge in [-0.2, -0.15) is 0 Å². The lowest BCUT2D eigenvalue weighted by atomic mass is 9.96. The zero-order chi connectivity index (χ0) is 12.6. The molecule has 1 saturated carbocycles. The summed E-state index contributed by atoms with van der Waals surface area (Å²) in [4.78, 5) is 2.82. The van der Waals surface area contributed by atoms with Gasteiger partial charge in [0.2, 0.25) is 0 Å².